The number of rotatable bonds is 6. The summed E-state index contributed by atoms with van der Waals surface area (Å²) < 4.78 is 7.74. The maximum Gasteiger partial charge on any atom is 0.262 e. The van der Waals surface area contributed by atoms with E-state index in [4.69, 9.17) is 9.73 Å². The van der Waals surface area contributed by atoms with Crippen LogP contribution in [0.5, 0.6) is 5.75 Å². The van der Waals surface area contributed by atoms with Crippen molar-refractivity contribution in [3.05, 3.63) is 57.7 Å². The van der Waals surface area contributed by atoms with E-state index >= 15 is 0 Å². The zero-order chi connectivity index (χ0) is 23.7. The van der Waals surface area contributed by atoms with E-state index in [9.17, 15) is 9.59 Å². The van der Waals surface area contributed by atoms with Crippen LogP contribution >= 0.6 is 11.3 Å². The highest BCUT2D eigenvalue weighted by Gasteiger charge is 2.20. The molecule has 0 bridgehead atoms. The van der Waals surface area contributed by atoms with Gasteiger partial charge in [0, 0.05) is 37.0 Å². The molecular formula is C26H28N4O3S. The second-order valence-electron chi connectivity index (χ2n) is 8.90. The quantitative estimate of drug-likeness (QED) is 0.573. The van der Waals surface area contributed by atoms with Crippen molar-refractivity contribution in [1.82, 2.24) is 9.47 Å². The number of aromatic nitrogens is 1. The van der Waals surface area contributed by atoms with Crippen molar-refractivity contribution in [1.29, 1.82) is 0 Å². The fourth-order valence-electron chi connectivity index (χ4n) is 4.59. The fourth-order valence-corrected chi connectivity index (χ4v) is 5.55. The van der Waals surface area contributed by atoms with Gasteiger partial charge in [0.25, 0.3) is 5.91 Å². The Labute approximate surface area is 202 Å². The maximum absolute atomic E-state index is 12.0. The van der Waals surface area contributed by atoms with Gasteiger partial charge in [0.15, 0.2) is 11.4 Å². The van der Waals surface area contributed by atoms with Crippen LogP contribution in [0.3, 0.4) is 0 Å². The van der Waals surface area contributed by atoms with Gasteiger partial charge in [-0.25, -0.2) is 4.99 Å². The number of nitrogens with zero attached hydrogens (tertiary/aromatic N) is 3. The van der Waals surface area contributed by atoms with Crippen LogP contribution in [-0.4, -0.2) is 41.0 Å². The first-order chi connectivity index (χ1) is 16.5. The van der Waals surface area contributed by atoms with Gasteiger partial charge in [0.05, 0.1) is 17.1 Å². The van der Waals surface area contributed by atoms with Gasteiger partial charge in [-0.15, -0.1) is 11.3 Å². The van der Waals surface area contributed by atoms with Crippen LogP contribution in [0.15, 0.2) is 46.8 Å². The number of thiazole rings is 1. The SMILES string of the molecule is Cc1cc(C)cc(N=c2scc(-c3ccc4c(c3)NC(=O)CO4)n2CCCN2CCCC2=O)c1. The number of likely N-dealkylation sites (tertiary alicyclic amines) is 1. The first-order valence-corrected chi connectivity index (χ1v) is 12.5. The van der Waals surface area contributed by atoms with Crippen LogP contribution in [0.4, 0.5) is 11.4 Å². The highest BCUT2D eigenvalue weighted by molar-refractivity contribution is 7.07. The lowest BCUT2D eigenvalue weighted by Crippen LogP contribution is -2.27. The van der Waals surface area contributed by atoms with Crippen LogP contribution in [0, 0.1) is 13.8 Å². The standard InChI is InChI=1S/C26H28N4O3S/c1-17-11-18(2)13-20(12-17)27-26-30(10-4-9-29-8-3-5-25(29)32)22(16-34-26)19-6-7-23-21(14-19)28-24(31)15-33-23/h6-7,11-14,16H,3-5,8-10,15H2,1-2H3,(H,28,31). The third-order valence-electron chi connectivity index (χ3n) is 6.12. The molecule has 3 heterocycles. The third-order valence-corrected chi connectivity index (χ3v) is 6.98. The lowest BCUT2D eigenvalue weighted by molar-refractivity contribution is -0.127. The van der Waals surface area contributed by atoms with E-state index in [0.29, 0.717) is 17.9 Å². The Morgan fingerprint density at radius 2 is 1.91 bits per heavy atom. The molecule has 1 fully saturated rings. The number of fused-ring (bicyclic) bond motifs is 1. The van der Waals surface area contributed by atoms with E-state index in [2.05, 4.69) is 47.3 Å². The minimum Gasteiger partial charge on any atom is -0.482 e. The number of ether oxygens (including phenoxy) is 1. The third kappa shape index (κ3) is 4.77. The molecule has 5 rings (SSSR count). The number of carbonyl (C=O) groups is 2. The molecule has 0 saturated carbocycles. The van der Waals surface area contributed by atoms with Crippen molar-refractivity contribution < 1.29 is 14.3 Å². The van der Waals surface area contributed by atoms with Gasteiger partial charge < -0.3 is 19.5 Å². The Hall–Kier alpha value is -3.39. The molecule has 0 unspecified atom stereocenters. The number of aryl methyl sites for hydroxylation is 2. The summed E-state index contributed by atoms with van der Waals surface area (Å²) in [5.74, 6) is 0.780. The first-order valence-electron chi connectivity index (χ1n) is 11.6. The lowest BCUT2D eigenvalue weighted by Gasteiger charge is -2.19. The zero-order valence-electron chi connectivity index (χ0n) is 19.5. The minimum atomic E-state index is -0.149. The summed E-state index contributed by atoms with van der Waals surface area (Å²) >= 11 is 1.60. The molecule has 2 amide bonds. The number of hydrogen-bond acceptors (Lipinski definition) is 5. The molecular weight excluding hydrogens is 448 g/mol. The summed E-state index contributed by atoms with van der Waals surface area (Å²) in [6, 6.07) is 12.2. The summed E-state index contributed by atoms with van der Waals surface area (Å²) in [7, 11) is 0. The molecule has 176 valence electrons. The Balaban J connectivity index is 1.51. The van der Waals surface area contributed by atoms with E-state index < -0.39 is 0 Å². The molecule has 2 aromatic carbocycles. The number of benzene rings is 2. The van der Waals surface area contributed by atoms with Crippen LogP contribution in [0.2, 0.25) is 0 Å². The summed E-state index contributed by atoms with van der Waals surface area (Å²) in [5.41, 5.74) is 5.99. The molecule has 2 aliphatic rings. The van der Waals surface area contributed by atoms with Gasteiger partial charge >= 0.3 is 0 Å². The van der Waals surface area contributed by atoms with Crippen LogP contribution < -0.4 is 14.9 Å². The molecule has 8 heteroatoms. The molecule has 0 radical (unpaired) electrons. The molecule has 0 spiro atoms. The molecule has 1 saturated heterocycles. The van der Waals surface area contributed by atoms with Crippen molar-refractivity contribution in [3.63, 3.8) is 0 Å². The van der Waals surface area contributed by atoms with Crippen LogP contribution in [0.25, 0.3) is 11.3 Å². The second kappa shape index (κ2) is 9.46. The molecule has 34 heavy (non-hydrogen) atoms. The van der Waals surface area contributed by atoms with E-state index in [1.807, 2.05) is 23.1 Å². The van der Waals surface area contributed by atoms with Crippen molar-refractivity contribution >= 4 is 34.5 Å². The van der Waals surface area contributed by atoms with Gasteiger partial charge in [0.1, 0.15) is 5.75 Å². The van der Waals surface area contributed by atoms with Crippen LogP contribution in [0.1, 0.15) is 30.4 Å². The normalized spacial score (nSPS) is 15.9. The summed E-state index contributed by atoms with van der Waals surface area (Å²) in [6.45, 7) is 6.54. The number of nitrogens with one attached hydrogen (secondary N) is 1. The number of carbonyl (C=O) groups excluding carboxylic acids is 2. The Kier molecular flexibility index (Phi) is 6.24. The molecule has 7 nitrogen and oxygen atoms in total. The number of amides is 2. The van der Waals surface area contributed by atoms with Gasteiger partial charge in [0.2, 0.25) is 5.91 Å². The largest absolute Gasteiger partial charge is 0.482 e. The average molecular weight is 477 g/mol. The van der Waals surface area contributed by atoms with E-state index in [1.165, 1.54) is 11.1 Å². The maximum atomic E-state index is 12.0. The molecule has 1 N–H and O–H groups in total. The summed E-state index contributed by atoms with van der Waals surface area (Å²) in [5, 5.41) is 5.00. The molecule has 3 aromatic rings. The van der Waals surface area contributed by atoms with Crippen LogP contribution in [-0.2, 0) is 16.1 Å². The first kappa shape index (κ1) is 22.4. The second-order valence-corrected chi connectivity index (χ2v) is 9.74. The van der Waals surface area contributed by atoms with Gasteiger partial charge in [-0.1, -0.05) is 6.07 Å². The zero-order valence-corrected chi connectivity index (χ0v) is 20.3. The number of hydrogen-bond donors (Lipinski definition) is 1. The lowest BCUT2D eigenvalue weighted by atomic mass is 10.1. The van der Waals surface area contributed by atoms with E-state index in [0.717, 1.165) is 54.2 Å². The van der Waals surface area contributed by atoms with E-state index in [1.54, 1.807) is 11.3 Å². The highest BCUT2D eigenvalue weighted by atomic mass is 32.1. The van der Waals surface area contributed by atoms with Gasteiger partial charge in [-0.3, -0.25) is 9.59 Å². The smallest absolute Gasteiger partial charge is 0.262 e. The summed E-state index contributed by atoms with van der Waals surface area (Å²) in [4.78, 5) is 31.7. The molecule has 2 aliphatic heterocycles. The number of anilines is 1. The topological polar surface area (TPSA) is 75.9 Å². The monoisotopic (exact) mass is 476 g/mol. The molecule has 1 aromatic heterocycles. The Morgan fingerprint density at radius 1 is 1.09 bits per heavy atom. The Bertz CT molecular complexity index is 1300. The predicted molar refractivity (Wildman–Crippen MR) is 133 cm³/mol. The fraction of sp³-hybridized carbons (Fsp3) is 0.346. The summed E-state index contributed by atoms with van der Waals surface area (Å²) in [6.07, 6.45) is 2.46. The van der Waals surface area contributed by atoms with Gasteiger partial charge in [-0.2, -0.15) is 0 Å². The van der Waals surface area contributed by atoms with Crippen molar-refractivity contribution in [2.45, 2.75) is 39.7 Å². The molecule has 0 aliphatic carbocycles. The van der Waals surface area contributed by atoms with Crippen molar-refractivity contribution in [3.8, 4) is 17.0 Å². The Morgan fingerprint density at radius 3 is 2.68 bits per heavy atom. The van der Waals surface area contributed by atoms with Crippen molar-refractivity contribution in [2.75, 3.05) is 25.0 Å². The highest BCUT2D eigenvalue weighted by Crippen LogP contribution is 2.33. The van der Waals surface area contributed by atoms with E-state index in [-0.39, 0.29) is 18.4 Å². The average Bonchev–Trinajstić information content (AvgIpc) is 3.38. The van der Waals surface area contributed by atoms with Gasteiger partial charge in [-0.05, 0) is 68.1 Å². The van der Waals surface area contributed by atoms with Crippen molar-refractivity contribution in [2.24, 2.45) is 4.99 Å². The minimum absolute atomic E-state index is 0.0406. The molecule has 0 atom stereocenters. The predicted octanol–water partition coefficient (Wildman–Crippen LogP) is 4.41.